The molecule has 27 heavy (non-hydrogen) atoms. The Morgan fingerprint density at radius 2 is 1.78 bits per heavy atom. The summed E-state index contributed by atoms with van der Waals surface area (Å²) >= 11 is 0. The third-order valence-corrected chi connectivity index (χ3v) is 4.18. The van der Waals surface area contributed by atoms with Gasteiger partial charge in [0.05, 0.1) is 18.5 Å². The zero-order valence-corrected chi connectivity index (χ0v) is 14.5. The van der Waals surface area contributed by atoms with Gasteiger partial charge < -0.3 is 15.8 Å². The number of nitrogens with one attached hydrogen (secondary N) is 1. The summed E-state index contributed by atoms with van der Waals surface area (Å²) in [6.45, 7) is -0.0337. The van der Waals surface area contributed by atoms with Crippen LogP contribution in [-0.2, 0) is 13.0 Å². The summed E-state index contributed by atoms with van der Waals surface area (Å²) in [5.74, 6) is 1.48. The highest BCUT2D eigenvalue weighted by molar-refractivity contribution is 5.69. The van der Waals surface area contributed by atoms with Gasteiger partial charge in [-0.15, -0.1) is 10.2 Å². The number of hydrogen-bond donors (Lipinski definition) is 3. The van der Waals surface area contributed by atoms with E-state index in [0.717, 1.165) is 22.5 Å². The minimum Gasteiger partial charge on any atom is -0.392 e. The van der Waals surface area contributed by atoms with Gasteiger partial charge in [0.15, 0.2) is 17.3 Å². The Morgan fingerprint density at radius 3 is 2.59 bits per heavy atom. The molecule has 2 aromatic carbocycles. The van der Waals surface area contributed by atoms with Crippen LogP contribution in [0, 0.1) is 0 Å². The number of aromatic amines is 1. The molecule has 0 saturated heterocycles. The van der Waals surface area contributed by atoms with Crippen molar-refractivity contribution in [3.05, 3.63) is 77.7 Å². The molecule has 0 spiro atoms. The first-order valence-corrected chi connectivity index (χ1v) is 8.51. The molecule has 134 valence electrons. The van der Waals surface area contributed by atoms with Crippen LogP contribution in [-0.4, -0.2) is 30.3 Å². The summed E-state index contributed by atoms with van der Waals surface area (Å²) < 4.78 is 0. The monoisotopic (exact) mass is 358 g/mol. The fraction of sp³-hybridized carbons (Fsp3) is 0.100. The van der Waals surface area contributed by atoms with Gasteiger partial charge >= 0.3 is 0 Å². The second-order valence-electron chi connectivity index (χ2n) is 6.13. The molecule has 4 N–H and O–H groups in total. The lowest BCUT2D eigenvalue weighted by molar-refractivity contribution is 0.282. The molecule has 0 aliphatic rings. The molecule has 0 aliphatic carbocycles. The molecule has 0 aliphatic heterocycles. The molecule has 7 nitrogen and oxygen atoms in total. The van der Waals surface area contributed by atoms with Crippen LogP contribution in [0.25, 0.3) is 22.8 Å². The Kier molecular flexibility index (Phi) is 4.59. The van der Waals surface area contributed by atoms with Crippen molar-refractivity contribution in [2.75, 3.05) is 5.73 Å². The first-order chi connectivity index (χ1) is 13.2. The molecule has 2 aromatic heterocycles. The number of H-pyrrole nitrogens is 1. The van der Waals surface area contributed by atoms with Gasteiger partial charge in [-0.3, -0.25) is 0 Å². The predicted molar refractivity (Wildman–Crippen MR) is 102 cm³/mol. The molecular formula is C20H18N6O. The van der Waals surface area contributed by atoms with Crippen LogP contribution in [0.2, 0.25) is 0 Å². The second kappa shape index (κ2) is 7.35. The van der Waals surface area contributed by atoms with E-state index < -0.39 is 0 Å². The summed E-state index contributed by atoms with van der Waals surface area (Å²) in [7, 11) is 0. The summed E-state index contributed by atoms with van der Waals surface area (Å²) in [6, 6.07) is 17.5. The highest BCUT2D eigenvalue weighted by Crippen LogP contribution is 2.24. The minimum absolute atomic E-state index is 0.0337. The van der Waals surface area contributed by atoms with Crippen LogP contribution in [0.4, 0.5) is 5.82 Å². The van der Waals surface area contributed by atoms with Crippen molar-refractivity contribution < 1.29 is 5.11 Å². The van der Waals surface area contributed by atoms with E-state index in [-0.39, 0.29) is 12.4 Å². The largest absolute Gasteiger partial charge is 0.392 e. The first-order valence-electron chi connectivity index (χ1n) is 8.51. The molecule has 0 bridgehead atoms. The van der Waals surface area contributed by atoms with Gasteiger partial charge in [0.2, 0.25) is 0 Å². The molecule has 4 aromatic rings. The lowest BCUT2D eigenvalue weighted by atomic mass is 10.1. The summed E-state index contributed by atoms with van der Waals surface area (Å²) in [5.41, 5.74) is 9.90. The third kappa shape index (κ3) is 3.68. The van der Waals surface area contributed by atoms with Crippen LogP contribution < -0.4 is 5.73 Å². The van der Waals surface area contributed by atoms with Gasteiger partial charge in [0.1, 0.15) is 5.82 Å². The Morgan fingerprint density at radius 1 is 0.963 bits per heavy atom. The zero-order chi connectivity index (χ0) is 18.6. The Bertz CT molecular complexity index is 1060. The maximum absolute atomic E-state index is 9.33. The minimum atomic E-state index is -0.0337. The maximum atomic E-state index is 9.33. The average molecular weight is 358 g/mol. The molecule has 0 amide bonds. The van der Waals surface area contributed by atoms with Gasteiger partial charge in [-0.1, -0.05) is 48.5 Å². The highest BCUT2D eigenvalue weighted by Gasteiger charge is 2.14. The Hall–Kier alpha value is -3.58. The number of hydrogen-bond acceptors (Lipinski definition) is 6. The van der Waals surface area contributed by atoms with E-state index in [1.165, 1.54) is 0 Å². The molecule has 2 heterocycles. The SMILES string of the molecule is Nc1ncc(-c2cccc(CO)c2)nc1-c1nnc(Cc2ccccc2)[nH]1. The smallest absolute Gasteiger partial charge is 0.183 e. The van der Waals surface area contributed by atoms with Crippen molar-refractivity contribution in [2.45, 2.75) is 13.0 Å². The molecule has 0 saturated carbocycles. The predicted octanol–water partition coefficient (Wildman–Crippen LogP) is 2.59. The third-order valence-electron chi connectivity index (χ3n) is 4.18. The van der Waals surface area contributed by atoms with E-state index in [1.54, 1.807) is 6.20 Å². The topological polar surface area (TPSA) is 114 Å². The number of aromatic nitrogens is 5. The van der Waals surface area contributed by atoms with Gasteiger partial charge in [0.25, 0.3) is 0 Å². The fourth-order valence-corrected chi connectivity index (χ4v) is 2.81. The molecule has 4 rings (SSSR count). The van der Waals surface area contributed by atoms with Crippen molar-refractivity contribution in [1.29, 1.82) is 0 Å². The van der Waals surface area contributed by atoms with Crippen molar-refractivity contribution in [2.24, 2.45) is 0 Å². The van der Waals surface area contributed by atoms with Crippen molar-refractivity contribution in [3.8, 4) is 22.8 Å². The number of rotatable bonds is 5. The number of anilines is 1. The van der Waals surface area contributed by atoms with Gasteiger partial charge in [-0.05, 0) is 17.2 Å². The number of benzene rings is 2. The van der Waals surface area contributed by atoms with Crippen LogP contribution in [0.1, 0.15) is 17.0 Å². The molecule has 0 radical (unpaired) electrons. The van der Waals surface area contributed by atoms with Crippen molar-refractivity contribution >= 4 is 5.82 Å². The van der Waals surface area contributed by atoms with E-state index in [4.69, 9.17) is 5.73 Å². The molecular weight excluding hydrogens is 340 g/mol. The molecule has 0 atom stereocenters. The quantitative estimate of drug-likeness (QED) is 0.505. The first kappa shape index (κ1) is 16.9. The molecule has 0 unspecified atom stereocenters. The lowest BCUT2D eigenvalue weighted by Gasteiger charge is -2.06. The number of aliphatic hydroxyl groups excluding tert-OH is 1. The maximum Gasteiger partial charge on any atom is 0.183 e. The summed E-state index contributed by atoms with van der Waals surface area (Å²) in [6.07, 6.45) is 2.25. The Balaban J connectivity index is 1.66. The second-order valence-corrected chi connectivity index (χ2v) is 6.13. The van der Waals surface area contributed by atoms with Gasteiger partial charge in [0, 0.05) is 12.0 Å². The van der Waals surface area contributed by atoms with E-state index in [2.05, 4.69) is 25.1 Å². The van der Waals surface area contributed by atoms with Crippen LogP contribution in [0.5, 0.6) is 0 Å². The molecule has 0 fully saturated rings. The summed E-state index contributed by atoms with van der Waals surface area (Å²) in [4.78, 5) is 12.0. The lowest BCUT2D eigenvalue weighted by Crippen LogP contribution is -2.00. The van der Waals surface area contributed by atoms with Gasteiger partial charge in [-0.25, -0.2) is 9.97 Å². The summed E-state index contributed by atoms with van der Waals surface area (Å²) in [5, 5.41) is 17.7. The van der Waals surface area contributed by atoms with E-state index in [1.807, 2.05) is 54.6 Å². The van der Waals surface area contributed by atoms with Crippen LogP contribution in [0.3, 0.4) is 0 Å². The highest BCUT2D eigenvalue weighted by atomic mass is 16.3. The van der Waals surface area contributed by atoms with Gasteiger partial charge in [-0.2, -0.15) is 0 Å². The van der Waals surface area contributed by atoms with E-state index in [0.29, 0.717) is 23.6 Å². The number of nitrogen functional groups attached to an aromatic ring is 1. The average Bonchev–Trinajstić information content (AvgIpc) is 3.17. The number of nitrogens with two attached hydrogens (primary N) is 1. The van der Waals surface area contributed by atoms with E-state index >= 15 is 0 Å². The normalized spacial score (nSPS) is 10.9. The Labute approximate surface area is 156 Å². The number of nitrogens with zero attached hydrogens (tertiary/aromatic N) is 4. The van der Waals surface area contributed by atoms with Crippen molar-refractivity contribution in [1.82, 2.24) is 25.1 Å². The van der Waals surface area contributed by atoms with E-state index in [9.17, 15) is 5.11 Å². The molecule has 7 heteroatoms. The van der Waals surface area contributed by atoms with Crippen LogP contribution in [0.15, 0.2) is 60.8 Å². The van der Waals surface area contributed by atoms with Crippen LogP contribution >= 0.6 is 0 Å². The van der Waals surface area contributed by atoms with Crippen molar-refractivity contribution in [3.63, 3.8) is 0 Å². The fourth-order valence-electron chi connectivity index (χ4n) is 2.81. The number of aliphatic hydroxyl groups is 1. The standard InChI is InChI=1S/C20H18N6O/c21-19-18(20-24-17(25-26-20)10-13-5-2-1-3-6-13)23-16(11-22-19)15-8-4-7-14(9-15)12-27/h1-9,11,27H,10,12H2,(H2,21,22)(H,24,25,26). The zero-order valence-electron chi connectivity index (χ0n) is 14.5.